The van der Waals surface area contributed by atoms with Crippen LogP contribution in [0.1, 0.15) is 12.5 Å². The highest BCUT2D eigenvalue weighted by Crippen LogP contribution is 2.46. The molecule has 31 heavy (non-hydrogen) atoms. The number of hydrogen-bond acceptors (Lipinski definition) is 4. The van der Waals surface area contributed by atoms with Crippen LogP contribution in [0.25, 0.3) is 0 Å². The monoisotopic (exact) mass is 433 g/mol. The Morgan fingerprint density at radius 2 is 1.45 bits per heavy atom. The predicted octanol–water partition coefficient (Wildman–Crippen LogP) is 3.91. The van der Waals surface area contributed by atoms with Crippen molar-refractivity contribution in [2.24, 2.45) is 0 Å². The maximum atomic E-state index is 14.7. The van der Waals surface area contributed by atoms with Crippen LogP contribution in [0.3, 0.4) is 0 Å². The van der Waals surface area contributed by atoms with Crippen molar-refractivity contribution in [1.29, 1.82) is 0 Å². The lowest BCUT2D eigenvalue weighted by atomic mass is 9.87. The maximum Gasteiger partial charge on any atom is 0.331 e. The first-order valence-electron chi connectivity index (χ1n) is 10.00. The van der Waals surface area contributed by atoms with E-state index in [1.807, 2.05) is 91.9 Å². The van der Waals surface area contributed by atoms with Crippen LogP contribution in [0.2, 0.25) is 0 Å². The number of carbonyl (C=O) groups excluding carboxylic acids is 1. The second kappa shape index (κ2) is 8.54. The minimum atomic E-state index is -3.31. The molecule has 0 aliphatic carbocycles. The van der Waals surface area contributed by atoms with Gasteiger partial charge in [0.2, 0.25) is 7.29 Å². The molecule has 0 saturated heterocycles. The normalized spacial score (nSPS) is 17.7. The van der Waals surface area contributed by atoms with Crippen LogP contribution in [-0.4, -0.2) is 19.2 Å². The molecule has 1 N–H and O–H groups in total. The number of cyclic esters (lactones) is 1. The van der Waals surface area contributed by atoms with Crippen molar-refractivity contribution in [3.8, 4) is 5.75 Å². The number of rotatable bonds is 7. The lowest BCUT2D eigenvalue weighted by Gasteiger charge is -2.39. The molecule has 1 aliphatic heterocycles. The molecule has 0 spiro atoms. The van der Waals surface area contributed by atoms with E-state index in [4.69, 9.17) is 9.47 Å². The molecule has 1 aliphatic rings. The third kappa shape index (κ3) is 4.07. The fraction of sp³-hybridized carbons (Fsp3) is 0.160. The summed E-state index contributed by atoms with van der Waals surface area (Å²) in [5.41, 5.74) is -0.138. The molecule has 6 heteroatoms. The van der Waals surface area contributed by atoms with Crippen molar-refractivity contribution < 1.29 is 18.8 Å². The number of nitrogens with one attached hydrogen (secondary N) is 1. The Kier molecular flexibility index (Phi) is 5.81. The fourth-order valence-corrected chi connectivity index (χ4v) is 6.44. The zero-order chi connectivity index (χ0) is 21.9. The molecule has 3 aromatic rings. The largest absolute Gasteiger partial charge is 0.497 e. The first-order valence-corrected chi connectivity index (χ1v) is 11.7. The van der Waals surface area contributed by atoms with Crippen molar-refractivity contribution in [3.05, 3.63) is 103 Å². The number of hydrogen-bond donors (Lipinski definition) is 1. The molecule has 2 atom stereocenters. The van der Waals surface area contributed by atoms with E-state index in [9.17, 15) is 9.36 Å². The first kappa shape index (κ1) is 21.1. The molecule has 5 nitrogen and oxygen atoms in total. The Hall–Kier alpha value is -3.14. The van der Waals surface area contributed by atoms with E-state index in [1.165, 1.54) is 6.08 Å². The van der Waals surface area contributed by atoms with Gasteiger partial charge in [-0.1, -0.05) is 48.5 Å². The average molecular weight is 433 g/mol. The molecule has 0 bridgehead atoms. The highest BCUT2D eigenvalue weighted by molar-refractivity contribution is 7.77. The van der Waals surface area contributed by atoms with Gasteiger partial charge in [0.1, 0.15) is 11.9 Å². The van der Waals surface area contributed by atoms with Crippen LogP contribution < -0.4 is 20.4 Å². The molecule has 0 aromatic heterocycles. The Bertz CT molecular complexity index is 1090. The molecular weight excluding hydrogens is 409 g/mol. The van der Waals surface area contributed by atoms with Gasteiger partial charge in [0.25, 0.3) is 0 Å². The SMILES string of the molecule is COc1ccc([C@](C)(NP(=O)(c2ccccc2)c2ccccc2)C2C=CC(=O)O2)cc1. The van der Waals surface area contributed by atoms with E-state index in [0.717, 1.165) is 5.56 Å². The van der Waals surface area contributed by atoms with Crippen LogP contribution in [0.4, 0.5) is 0 Å². The molecule has 0 fully saturated rings. The number of methoxy groups -OCH3 is 1. The van der Waals surface area contributed by atoms with Crippen LogP contribution in [-0.2, 0) is 19.6 Å². The number of carbonyl (C=O) groups is 1. The Morgan fingerprint density at radius 3 is 1.90 bits per heavy atom. The van der Waals surface area contributed by atoms with Gasteiger partial charge in [-0.15, -0.1) is 0 Å². The fourth-order valence-electron chi connectivity index (χ4n) is 3.79. The van der Waals surface area contributed by atoms with Gasteiger partial charge in [-0.2, -0.15) is 0 Å². The lowest BCUT2D eigenvalue weighted by molar-refractivity contribution is -0.141. The van der Waals surface area contributed by atoms with Gasteiger partial charge < -0.3 is 9.47 Å². The van der Waals surface area contributed by atoms with Crippen molar-refractivity contribution in [1.82, 2.24) is 5.09 Å². The van der Waals surface area contributed by atoms with Gasteiger partial charge in [0.15, 0.2) is 0 Å². The quantitative estimate of drug-likeness (QED) is 0.452. The van der Waals surface area contributed by atoms with Crippen molar-refractivity contribution in [2.75, 3.05) is 7.11 Å². The Morgan fingerprint density at radius 1 is 0.903 bits per heavy atom. The van der Waals surface area contributed by atoms with E-state index in [2.05, 4.69) is 5.09 Å². The van der Waals surface area contributed by atoms with Gasteiger partial charge in [-0.3, -0.25) is 4.57 Å². The summed E-state index contributed by atoms with van der Waals surface area (Å²) in [6, 6.07) is 26.1. The molecule has 158 valence electrons. The van der Waals surface area contributed by atoms with Crippen LogP contribution in [0.15, 0.2) is 97.1 Å². The van der Waals surface area contributed by atoms with Crippen LogP contribution >= 0.6 is 7.29 Å². The minimum absolute atomic E-state index is 0.416. The van der Waals surface area contributed by atoms with Gasteiger partial charge in [-0.05, 0) is 55.0 Å². The molecule has 0 radical (unpaired) electrons. The molecule has 1 unspecified atom stereocenters. The maximum absolute atomic E-state index is 14.7. The van der Waals surface area contributed by atoms with Gasteiger partial charge in [0, 0.05) is 16.7 Å². The summed E-state index contributed by atoms with van der Waals surface area (Å²) in [7, 11) is -1.70. The summed E-state index contributed by atoms with van der Waals surface area (Å²) in [4.78, 5) is 11.9. The van der Waals surface area contributed by atoms with E-state index in [1.54, 1.807) is 13.2 Å². The van der Waals surface area contributed by atoms with Gasteiger partial charge in [-0.25, -0.2) is 9.88 Å². The third-order valence-corrected chi connectivity index (χ3v) is 8.37. The van der Waals surface area contributed by atoms with Gasteiger partial charge >= 0.3 is 5.97 Å². The van der Waals surface area contributed by atoms with Crippen molar-refractivity contribution in [2.45, 2.75) is 18.6 Å². The molecule has 0 amide bonds. The molecular formula is C25H24NO4P. The Labute approximate surface area is 182 Å². The third-order valence-electron chi connectivity index (χ3n) is 5.54. The highest BCUT2D eigenvalue weighted by Gasteiger charge is 2.45. The highest BCUT2D eigenvalue weighted by atomic mass is 31.2. The first-order chi connectivity index (χ1) is 15.0. The summed E-state index contributed by atoms with van der Waals surface area (Å²) in [5.74, 6) is 0.292. The molecule has 4 rings (SSSR count). The lowest BCUT2D eigenvalue weighted by Crippen LogP contribution is -2.50. The summed E-state index contributed by atoms with van der Waals surface area (Å²) in [6.45, 7) is 1.90. The van der Waals surface area contributed by atoms with Crippen molar-refractivity contribution in [3.63, 3.8) is 0 Å². The standard InChI is InChI=1S/C25H24NO4P/c1-25(23-17-18-24(27)30-23,19-13-15-20(29-2)16-14-19)26-31(28,21-9-5-3-6-10-21)22-11-7-4-8-12-22/h3-18,23H,1-2H3,(H,26,28)/t23?,25-/m0/s1. The summed E-state index contributed by atoms with van der Waals surface area (Å²) < 4.78 is 25.5. The summed E-state index contributed by atoms with van der Waals surface area (Å²) in [6.07, 6.45) is 2.48. The molecule has 1 heterocycles. The second-order valence-electron chi connectivity index (χ2n) is 7.54. The smallest absolute Gasteiger partial charge is 0.331 e. The average Bonchev–Trinajstić information content (AvgIpc) is 3.27. The van der Waals surface area contributed by atoms with E-state index in [0.29, 0.717) is 16.4 Å². The summed E-state index contributed by atoms with van der Waals surface area (Å²) >= 11 is 0. The van der Waals surface area contributed by atoms with Crippen molar-refractivity contribution >= 4 is 23.9 Å². The minimum Gasteiger partial charge on any atom is -0.497 e. The topological polar surface area (TPSA) is 64.6 Å². The number of esters is 1. The molecule has 0 saturated carbocycles. The van der Waals surface area contributed by atoms with E-state index >= 15 is 0 Å². The zero-order valence-electron chi connectivity index (χ0n) is 17.4. The zero-order valence-corrected chi connectivity index (χ0v) is 18.3. The second-order valence-corrected chi connectivity index (χ2v) is 10.0. The number of benzene rings is 3. The van der Waals surface area contributed by atoms with E-state index < -0.39 is 24.9 Å². The summed E-state index contributed by atoms with van der Waals surface area (Å²) in [5, 5.41) is 4.79. The van der Waals surface area contributed by atoms with Crippen LogP contribution in [0, 0.1) is 0 Å². The predicted molar refractivity (Wildman–Crippen MR) is 122 cm³/mol. The van der Waals surface area contributed by atoms with Crippen LogP contribution in [0.5, 0.6) is 5.75 Å². The Balaban J connectivity index is 1.86. The van der Waals surface area contributed by atoms with E-state index in [-0.39, 0.29) is 0 Å². The van der Waals surface area contributed by atoms with Gasteiger partial charge in [0.05, 0.1) is 12.6 Å². The molecule has 3 aromatic carbocycles. The number of ether oxygens (including phenoxy) is 2.